The highest BCUT2D eigenvalue weighted by molar-refractivity contribution is 6.08. The number of hydrogen-bond donors (Lipinski definition) is 2. The van der Waals surface area contributed by atoms with Crippen molar-refractivity contribution >= 4 is 16.7 Å². The van der Waals surface area contributed by atoms with Crippen LogP contribution < -0.4 is 15.4 Å². The van der Waals surface area contributed by atoms with Crippen LogP contribution in [-0.4, -0.2) is 32.1 Å². The first kappa shape index (κ1) is 13.9. The summed E-state index contributed by atoms with van der Waals surface area (Å²) in [6.07, 6.45) is 2.32. The molecule has 0 aromatic heterocycles. The highest BCUT2D eigenvalue weighted by Crippen LogP contribution is 2.28. The van der Waals surface area contributed by atoms with E-state index in [0.29, 0.717) is 18.2 Å². The molecule has 1 atom stereocenters. The second-order valence-electron chi connectivity index (χ2n) is 5.36. The molecule has 1 aliphatic rings. The number of carbonyl (C=O) groups is 1. The maximum Gasteiger partial charge on any atom is 0.251 e. The van der Waals surface area contributed by atoms with Crippen LogP contribution in [0.25, 0.3) is 10.8 Å². The van der Waals surface area contributed by atoms with Gasteiger partial charge in [-0.3, -0.25) is 4.79 Å². The van der Waals surface area contributed by atoms with Crippen molar-refractivity contribution in [1.82, 2.24) is 10.6 Å². The van der Waals surface area contributed by atoms with Gasteiger partial charge in [0.25, 0.3) is 5.91 Å². The largest absolute Gasteiger partial charge is 0.496 e. The monoisotopic (exact) mass is 284 g/mol. The highest BCUT2D eigenvalue weighted by atomic mass is 16.5. The van der Waals surface area contributed by atoms with Crippen LogP contribution in [-0.2, 0) is 0 Å². The minimum Gasteiger partial charge on any atom is -0.496 e. The topological polar surface area (TPSA) is 50.4 Å². The number of amides is 1. The molecule has 2 aromatic carbocycles. The molecule has 1 unspecified atom stereocenters. The summed E-state index contributed by atoms with van der Waals surface area (Å²) >= 11 is 0. The summed E-state index contributed by atoms with van der Waals surface area (Å²) in [6.45, 7) is 1.73. The molecule has 0 spiro atoms. The predicted molar refractivity (Wildman–Crippen MR) is 83.9 cm³/mol. The molecule has 4 heteroatoms. The van der Waals surface area contributed by atoms with Crippen LogP contribution in [0, 0.1) is 0 Å². The Morgan fingerprint density at radius 3 is 2.81 bits per heavy atom. The molecular formula is C17H20N2O2. The standard InChI is InChI=1S/C17H20N2O2/c1-21-16-9-8-15(13-6-2-3-7-14(13)16)17(20)19-11-12-5-4-10-18-12/h2-3,6-9,12,18H,4-5,10-11H2,1H3,(H,19,20). The summed E-state index contributed by atoms with van der Waals surface area (Å²) in [5.41, 5.74) is 0.699. The summed E-state index contributed by atoms with van der Waals surface area (Å²) in [4.78, 5) is 12.4. The van der Waals surface area contributed by atoms with Crippen LogP contribution in [0.5, 0.6) is 5.75 Å². The van der Waals surface area contributed by atoms with Crippen molar-refractivity contribution in [3.8, 4) is 5.75 Å². The lowest BCUT2D eigenvalue weighted by Crippen LogP contribution is -2.37. The molecule has 1 amide bonds. The van der Waals surface area contributed by atoms with Gasteiger partial charge in [0, 0.05) is 23.5 Å². The van der Waals surface area contributed by atoms with Gasteiger partial charge >= 0.3 is 0 Å². The van der Waals surface area contributed by atoms with Crippen LogP contribution in [0.4, 0.5) is 0 Å². The number of nitrogens with one attached hydrogen (secondary N) is 2. The van der Waals surface area contributed by atoms with Crippen LogP contribution in [0.15, 0.2) is 36.4 Å². The van der Waals surface area contributed by atoms with Gasteiger partial charge in [0.15, 0.2) is 0 Å². The smallest absolute Gasteiger partial charge is 0.251 e. The van der Waals surface area contributed by atoms with Crippen LogP contribution in [0.1, 0.15) is 23.2 Å². The average molecular weight is 284 g/mol. The third kappa shape index (κ3) is 2.85. The van der Waals surface area contributed by atoms with Gasteiger partial charge in [0.2, 0.25) is 0 Å². The van der Waals surface area contributed by atoms with E-state index in [2.05, 4.69) is 10.6 Å². The van der Waals surface area contributed by atoms with Gasteiger partial charge < -0.3 is 15.4 Å². The second kappa shape index (κ2) is 6.14. The summed E-state index contributed by atoms with van der Waals surface area (Å²) in [5.74, 6) is 0.766. The Morgan fingerprint density at radius 2 is 2.10 bits per heavy atom. The van der Waals surface area contributed by atoms with E-state index in [1.807, 2.05) is 36.4 Å². The molecular weight excluding hydrogens is 264 g/mol. The Morgan fingerprint density at radius 1 is 1.29 bits per heavy atom. The summed E-state index contributed by atoms with van der Waals surface area (Å²) < 4.78 is 5.36. The van der Waals surface area contributed by atoms with E-state index in [4.69, 9.17) is 4.74 Å². The molecule has 0 aliphatic carbocycles. The quantitative estimate of drug-likeness (QED) is 0.906. The zero-order chi connectivity index (χ0) is 14.7. The fourth-order valence-electron chi connectivity index (χ4n) is 2.89. The van der Waals surface area contributed by atoms with Crippen LogP contribution in [0.3, 0.4) is 0 Å². The van der Waals surface area contributed by atoms with Crippen molar-refractivity contribution in [2.24, 2.45) is 0 Å². The third-order valence-corrected chi connectivity index (χ3v) is 4.02. The molecule has 4 nitrogen and oxygen atoms in total. The third-order valence-electron chi connectivity index (χ3n) is 4.02. The van der Waals surface area contributed by atoms with Crippen molar-refractivity contribution in [1.29, 1.82) is 0 Å². The molecule has 0 bridgehead atoms. The van der Waals surface area contributed by atoms with Crippen LogP contribution >= 0.6 is 0 Å². The Hall–Kier alpha value is -2.07. The van der Waals surface area contributed by atoms with Gasteiger partial charge in [0.05, 0.1) is 7.11 Å². The molecule has 21 heavy (non-hydrogen) atoms. The van der Waals surface area contributed by atoms with E-state index >= 15 is 0 Å². The zero-order valence-electron chi connectivity index (χ0n) is 12.2. The molecule has 1 heterocycles. The summed E-state index contributed by atoms with van der Waals surface area (Å²) in [7, 11) is 1.65. The number of rotatable bonds is 4. The number of hydrogen-bond acceptors (Lipinski definition) is 3. The molecule has 110 valence electrons. The zero-order valence-corrected chi connectivity index (χ0v) is 12.2. The van der Waals surface area contributed by atoms with Crippen LogP contribution in [0.2, 0.25) is 0 Å². The van der Waals surface area contributed by atoms with Gasteiger partial charge in [-0.25, -0.2) is 0 Å². The Kier molecular flexibility index (Phi) is 4.06. The first-order valence-corrected chi connectivity index (χ1v) is 7.37. The van der Waals surface area contributed by atoms with Crippen molar-refractivity contribution in [3.05, 3.63) is 42.0 Å². The first-order valence-electron chi connectivity index (χ1n) is 7.37. The van der Waals surface area contributed by atoms with Gasteiger partial charge in [0.1, 0.15) is 5.75 Å². The second-order valence-corrected chi connectivity index (χ2v) is 5.36. The van der Waals surface area contributed by atoms with Gasteiger partial charge in [-0.2, -0.15) is 0 Å². The van der Waals surface area contributed by atoms with Gasteiger partial charge in [-0.1, -0.05) is 24.3 Å². The lowest BCUT2D eigenvalue weighted by atomic mass is 10.0. The highest BCUT2D eigenvalue weighted by Gasteiger charge is 2.17. The predicted octanol–water partition coefficient (Wildman–Crippen LogP) is 2.33. The molecule has 1 aliphatic heterocycles. The number of benzene rings is 2. The number of fused-ring (bicyclic) bond motifs is 1. The fourth-order valence-corrected chi connectivity index (χ4v) is 2.89. The van der Waals surface area contributed by atoms with Crippen molar-refractivity contribution in [2.75, 3.05) is 20.2 Å². The maximum atomic E-state index is 12.4. The number of methoxy groups -OCH3 is 1. The van der Waals surface area contributed by atoms with E-state index in [1.165, 1.54) is 6.42 Å². The van der Waals surface area contributed by atoms with E-state index in [0.717, 1.165) is 29.5 Å². The maximum absolute atomic E-state index is 12.4. The van der Waals surface area contributed by atoms with Gasteiger partial charge in [-0.05, 0) is 36.9 Å². The van der Waals surface area contributed by atoms with Crippen molar-refractivity contribution in [2.45, 2.75) is 18.9 Å². The molecule has 2 aromatic rings. The van der Waals surface area contributed by atoms with Gasteiger partial charge in [-0.15, -0.1) is 0 Å². The SMILES string of the molecule is COc1ccc(C(=O)NCC2CCCN2)c2ccccc12. The molecule has 0 saturated carbocycles. The Balaban J connectivity index is 1.84. The molecule has 1 fully saturated rings. The molecule has 1 saturated heterocycles. The van der Waals surface area contributed by atoms with E-state index in [9.17, 15) is 4.79 Å². The fraction of sp³-hybridized carbons (Fsp3) is 0.353. The average Bonchev–Trinajstić information content (AvgIpc) is 3.05. The normalized spacial score (nSPS) is 17.9. The Bertz CT molecular complexity index is 648. The molecule has 0 radical (unpaired) electrons. The minimum absolute atomic E-state index is 0.0254. The number of carbonyl (C=O) groups excluding carboxylic acids is 1. The first-order chi connectivity index (χ1) is 10.3. The Labute approximate surface area is 124 Å². The molecule has 2 N–H and O–H groups in total. The minimum atomic E-state index is -0.0254. The van der Waals surface area contributed by atoms with E-state index in [-0.39, 0.29) is 5.91 Å². The lowest BCUT2D eigenvalue weighted by Gasteiger charge is -2.13. The lowest BCUT2D eigenvalue weighted by molar-refractivity contribution is 0.0952. The summed E-state index contributed by atoms with van der Waals surface area (Å²) in [6, 6.07) is 11.9. The number of ether oxygens (including phenoxy) is 1. The van der Waals surface area contributed by atoms with Crippen molar-refractivity contribution < 1.29 is 9.53 Å². The molecule has 3 rings (SSSR count). The van der Waals surface area contributed by atoms with E-state index < -0.39 is 0 Å². The summed E-state index contributed by atoms with van der Waals surface area (Å²) in [5, 5.41) is 8.30. The van der Waals surface area contributed by atoms with Crippen molar-refractivity contribution in [3.63, 3.8) is 0 Å². The van der Waals surface area contributed by atoms with E-state index in [1.54, 1.807) is 7.11 Å².